The first kappa shape index (κ1) is 13.8. The van der Waals surface area contributed by atoms with E-state index in [0.717, 1.165) is 28.7 Å². The van der Waals surface area contributed by atoms with Gasteiger partial charge in [0.05, 0.1) is 17.8 Å². The molecular formula is C17H19N3O. The maximum Gasteiger partial charge on any atom is 0.0960 e. The molecule has 0 unspecified atom stereocenters. The number of methoxy groups -OCH3 is 1. The highest BCUT2D eigenvalue weighted by Crippen LogP contribution is 2.27. The fourth-order valence-corrected chi connectivity index (χ4v) is 2.61. The van der Waals surface area contributed by atoms with Crippen LogP contribution in [0.1, 0.15) is 18.3 Å². The lowest BCUT2D eigenvalue weighted by Crippen LogP contribution is -1.92. The van der Waals surface area contributed by atoms with Crippen LogP contribution in [-0.2, 0) is 24.8 Å². The molecule has 2 heterocycles. The Morgan fingerprint density at radius 2 is 1.95 bits per heavy atom. The molecule has 0 saturated heterocycles. The number of hydrogen-bond acceptors (Lipinski definition) is 3. The molecule has 3 rings (SSSR count). The molecule has 1 aromatic carbocycles. The first-order chi connectivity index (χ1) is 10.2. The number of benzene rings is 1. The minimum Gasteiger partial charge on any atom is -0.378 e. The van der Waals surface area contributed by atoms with Gasteiger partial charge in [0.1, 0.15) is 0 Å². The number of pyridine rings is 1. The fraction of sp³-hybridized carbons (Fsp3) is 0.294. The molecule has 108 valence electrons. The summed E-state index contributed by atoms with van der Waals surface area (Å²) in [6.45, 7) is 2.64. The quantitative estimate of drug-likeness (QED) is 0.736. The highest BCUT2D eigenvalue weighted by Gasteiger charge is 2.10. The summed E-state index contributed by atoms with van der Waals surface area (Å²) in [4.78, 5) is 4.36. The first-order valence-electron chi connectivity index (χ1n) is 7.12. The lowest BCUT2D eigenvalue weighted by Gasteiger charge is -2.05. The Morgan fingerprint density at radius 3 is 2.71 bits per heavy atom. The molecule has 0 bridgehead atoms. The van der Waals surface area contributed by atoms with E-state index in [1.165, 1.54) is 11.1 Å². The molecule has 4 heteroatoms. The summed E-state index contributed by atoms with van der Waals surface area (Å²) in [5.41, 5.74) is 5.58. The molecule has 0 aliphatic heterocycles. The Kier molecular flexibility index (Phi) is 3.71. The van der Waals surface area contributed by atoms with Crippen LogP contribution in [-0.4, -0.2) is 21.9 Å². The Labute approximate surface area is 124 Å². The summed E-state index contributed by atoms with van der Waals surface area (Å²) in [5, 5.41) is 5.67. The summed E-state index contributed by atoms with van der Waals surface area (Å²) < 4.78 is 7.15. The van der Waals surface area contributed by atoms with Crippen LogP contribution >= 0.6 is 0 Å². The van der Waals surface area contributed by atoms with Gasteiger partial charge in [-0.3, -0.25) is 9.67 Å². The standard InChI is InChI=1S/C17H19N3O/c1-4-14-9-13(7-8-18-14)12-5-6-17-15(10-12)16(11-21-3)19-20(17)2/h5-10H,4,11H2,1-3H3. The van der Waals surface area contributed by atoms with Gasteiger partial charge in [0.25, 0.3) is 0 Å². The van der Waals surface area contributed by atoms with E-state index in [1.807, 2.05) is 24.0 Å². The molecule has 4 nitrogen and oxygen atoms in total. The van der Waals surface area contributed by atoms with Gasteiger partial charge in [-0.25, -0.2) is 0 Å². The molecule has 21 heavy (non-hydrogen) atoms. The van der Waals surface area contributed by atoms with Gasteiger partial charge in [-0.2, -0.15) is 5.10 Å². The third kappa shape index (κ3) is 2.54. The van der Waals surface area contributed by atoms with Crippen molar-refractivity contribution in [2.24, 2.45) is 7.05 Å². The molecule has 0 N–H and O–H groups in total. The van der Waals surface area contributed by atoms with E-state index in [2.05, 4.69) is 41.3 Å². The second-order valence-electron chi connectivity index (χ2n) is 5.12. The Morgan fingerprint density at radius 1 is 1.14 bits per heavy atom. The van der Waals surface area contributed by atoms with Gasteiger partial charge in [-0.05, 0) is 41.8 Å². The van der Waals surface area contributed by atoms with Gasteiger partial charge < -0.3 is 4.74 Å². The Balaban J connectivity index is 2.13. The number of ether oxygens (including phenoxy) is 1. The van der Waals surface area contributed by atoms with Crippen LogP contribution in [0.4, 0.5) is 0 Å². The van der Waals surface area contributed by atoms with Crippen LogP contribution < -0.4 is 0 Å². The van der Waals surface area contributed by atoms with E-state index in [0.29, 0.717) is 6.61 Å². The average Bonchev–Trinajstić information content (AvgIpc) is 2.84. The fourth-order valence-electron chi connectivity index (χ4n) is 2.61. The number of hydrogen-bond donors (Lipinski definition) is 0. The van der Waals surface area contributed by atoms with Crippen LogP contribution in [0.2, 0.25) is 0 Å². The molecular weight excluding hydrogens is 262 g/mol. The highest BCUT2D eigenvalue weighted by atomic mass is 16.5. The van der Waals surface area contributed by atoms with Crippen molar-refractivity contribution >= 4 is 10.9 Å². The third-order valence-corrected chi connectivity index (χ3v) is 3.72. The highest BCUT2D eigenvalue weighted by molar-refractivity contribution is 5.87. The van der Waals surface area contributed by atoms with Crippen LogP contribution in [0.5, 0.6) is 0 Å². The third-order valence-electron chi connectivity index (χ3n) is 3.72. The summed E-state index contributed by atoms with van der Waals surface area (Å²) in [6.07, 6.45) is 2.82. The zero-order valence-corrected chi connectivity index (χ0v) is 12.6. The van der Waals surface area contributed by atoms with Crippen LogP contribution in [0.25, 0.3) is 22.0 Å². The zero-order valence-electron chi connectivity index (χ0n) is 12.6. The van der Waals surface area contributed by atoms with Gasteiger partial charge >= 0.3 is 0 Å². The SMILES string of the molecule is CCc1cc(-c2ccc3c(c2)c(COC)nn3C)ccn1. The van der Waals surface area contributed by atoms with E-state index in [9.17, 15) is 0 Å². The average molecular weight is 281 g/mol. The number of aromatic nitrogens is 3. The number of rotatable bonds is 4. The Hall–Kier alpha value is -2.20. The van der Waals surface area contributed by atoms with Crippen molar-refractivity contribution < 1.29 is 4.74 Å². The van der Waals surface area contributed by atoms with Crippen molar-refractivity contribution in [3.05, 3.63) is 47.9 Å². The molecule has 0 saturated carbocycles. The van der Waals surface area contributed by atoms with Gasteiger partial charge in [0.15, 0.2) is 0 Å². The maximum atomic E-state index is 5.25. The van der Waals surface area contributed by atoms with Crippen LogP contribution in [0, 0.1) is 0 Å². The molecule has 2 aromatic heterocycles. The molecule has 0 fully saturated rings. The lowest BCUT2D eigenvalue weighted by molar-refractivity contribution is 0.182. The van der Waals surface area contributed by atoms with E-state index in [4.69, 9.17) is 4.74 Å². The number of fused-ring (bicyclic) bond motifs is 1. The van der Waals surface area contributed by atoms with Crippen molar-refractivity contribution in [3.8, 4) is 11.1 Å². The van der Waals surface area contributed by atoms with Crippen molar-refractivity contribution in [3.63, 3.8) is 0 Å². The summed E-state index contributed by atoms with van der Waals surface area (Å²) >= 11 is 0. The summed E-state index contributed by atoms with van der Waals surface area (Å²) in [6, 6.07) is 10.6. The van der Waals surface area contributed by atoms with Gasteiger partial charge in [-0.15, -0.1) is 0 Å². The Bertz CT molecular complexity index is 777. The van der Waals surface area contributed by atoms with Crippen molar-refractivity contribution in [2.75, 3.05) is 7.11 Å². The van der Waals surface area contributed by atoms with Crippen molar-refractivity contribution in [1.82, 2.24) is 14.8 Å². The minimum atomic E-state index is 0.525. The van der Waals surface area contributed by atoms with E-state index < -0.39 is 0 Å². The normalized spacial score (nSPS) is 11.2. The molecule has 0 radical (unpaired) electrons. The topological polar surface area (TPSA) is 39.9 Å². The second-order valence-corrected chi connectivity index (χ2v) is 5.12. The first-order valence-corrected chi connectivity index (χ1v) is 7.12. The smallest absolute Gasteiger partial charge is 0.0960 e. The number of aryl methyl sites for hydroxylation is 2. The second kappa shape index (κ2) is 5.66. The summed E-state index contributed by atoms with van der Waals surface area (Å²) in [5.74, 6) is 0. The van der Waals surface area contributed by atoms with Crippen LogP contribution in [0.3, 0.4) is 0 Å². The van der Waals surface area contributed by atoms with Crippen LogP contribution in [0.15, 0.2) is 36.5 Å². The predicted octanol–water partition coefficient (Wildman–Crippen LogP) is 3.34. The van der Waals surface area contributed by atoms with Gasteiger partial charge in [0.2, 0.25) is 0 Å². The molecule has 0 aliphatic carbocycles. The zero-order chi connectivity index (χ0) is 14.8. The van der Waals surface area contributed by atoms with Crippen molar-refractivity contribution in [1.29, 1.82) is 0 Å². The minimum absolute atomic E-state index is 0.525. The van der Waals surface area contributed by atoms with Gasteiger partial charge in [-0.1, -0.05) is 13.0 Å². The maximum absolute atomic E-state index is 5.25. The largest absolute Gasteiger partial charge is 0.378 e. The molecule has 3 aromatic rings. The van der Waals surface area contributed by atoms with Gasteiger partial charge in [0, 0.05) is 31.4 Å². The number of nitrogens with zero attached hydrogens (tertiary/aromatic N) is 3. The molecule has 0 atom stereocenters. The monoisotopic (exact) mass is 281 g/mol. The molecule has 0 amide bonds. The predicted molar refractivity (Wildman–Crippen MR) is 84.0 cm³/mol. The lowest BCUT2D eigenvalue weighted by atomic mass is 10.0. The summed E-state index contributed by atoms with van der Waals surface area (Å²) in [7, 11) is 3.66. The van der Waals surface area contributed by atoms with E-state index in [-0.39, 0.29) is 0 Å². The van der Waals surface area contributed by atoms with Crippen molar-refractivity contribution in [2.45, 2.75) is 20.0 Å². The molecule has 0 spiro atoms. The van der Waals surface area contributed by atoms with E-state index >= 15 is 0 Å². The van der Waals surface area contributed by atoms with E-state index in [1.54, 1.807) is 7.11 Å². The molecule has 0 aliphatic rings.